The number of halogens is 2. The van der Waals surface area contributed by atoms with Crippen molar-refractivity contribution in [3.8, 4) is 5.75 Å². The van der Waals surface area contributed by atoms with Crippen molar-refractivity contribution in [2.75, 3.05) is 6.61 Å². The summed E-state index contributed by atoms with van der Waals surface area (Å²) >= 11 is 12.0. The fourth-order valence-corrected chi connectivity index (χ4v) is 2.59. The van der Waals surface area contributed by atoms with Crippen LogP contribution in [0.3, 0.4) is 0 Å². The second kappa shape index (κ2) is 7.34. The molecule has 2 rings (SSSR count). The van der Waals surface area contributed by atoms with Gasteiger partial charge in [-0.05, 0) is 54.0 Å². The molecule has 0 atom stereocenters. The standard InChI is InChI=1S/C17H14Cl2O3/c1-2-22-15-5-3-11(4-6-15)16(10-17(20)21)12-7-13(18)9-14(19)8-12/h3-10H,2H2,1H3,(H,20,21)/b16-10-. The molecule has 0 spiro atoms. The van der Waals surface area contributed by atoms with Crippen molar-refractivity contribution in [3.05, 3.63) is 69.7 Å². The summed E-state index contributed by atoms with van der Waals surface area (Å²) in [5, 5.41) is 10.0. The lowest BCUT2D eigenvalue weighted by molar-refractivity contribution is -0.131. The van der Waals surface area contributed by atoms with E-state index in [0.29, 0.717) is 27.8 Å². The molecule has 114 valence electrons. The molecule has 2 aromatic rings. The minimum Gasteiger partial charge on any atom is -0.494 e. The molecule has 0 heterocycles. The lowest BCUT2D eigenvalue weighted by atomic mass is 9.97. The smallest absolute Gasteiger partial charge is 0.328 e. The first-order valence-electron chi connectivity index (χ1n) is 6.64. The Bertz CT molecular complexity index is 686. The van der Waals surface area contributed by atoms with Gasteiger partial charge in [-0.1, -0.05) is 35.3 Å². The van der Waals surface area contributed by atoms with Gasteiger partial charge < -0.3 is 9.84 Å². The minimum absolute atomic E-state index is 0.449. The zero-order chi connectivity index (χ0) is 16.1. The molecule has 0 saturated carbocycles. The van der Waals surface area contributed by atoms with Crippen LogP contribution in [0.15, 0.2) is 48.5 Å². The number of rotatable bonds is 5. The van der Waals surface area contributed by atoms with Gasteiger partial charge in [-0.2, -0.15) is 0 Å². The molecule has 0 aromatic heterocycles. The van der Waals surface area contributed by atoms with Crippen molar-refractivity contribution in [1.29, 1.82) is 0 Å². The van der Waals surface area contributed by atoms with Crippen LogP contribution < -0.4 is 4.74 Å². The molecule has 0 saturated heterocycles. The van der Waals surface area contributed by atoms with Crippen molar-refractivity contribution in [2.24, 2.45) is 0 Å². The van der Waals surface area contributed by atoms with Crippen molar-refractivity contribution < 1.29 is 14.6 Å². The van der Waals surface area contributed by atoms with Crippen molar-refractivity contribution >= 4 is 34.7 Å². The highest BCUT2D eigenvalue weighted by molar-refractivity contribution is 6.35. The zero-order valence-corrected chi connectivity index (χ0v) is 13.4. The molecule has 22 heavy (non-hydrogen) atoms. The van der Waals surface area contributed by atoms with Crippen molar-refractivity contribution in [1.82, 2.24) is 0 Å². The third-order valence-electron chi connectivity index (χ3n) is 2.92. The maximum atomic E-state index is 11.1. The molecule has 0 aliphatic carbocycles. The van der Waals surface area contributed by atoms with Gasteiger partial charge in [-0.3, -0.25) is 0 Å². The van der Waals surface area contributed by atoms with Gasteiger partial charge in [-0.15, -0.1) is 0 Å². The molecule has 1 N–H and O–H groups in total. The van der Waals surface area contributed by atoms with E-state index >= 15 is 0 Å². The summed E-state index contributed by atoms with van der Waals surface area (Å²) in [6.07, 6.45) is 1.14. The highest BCUT2D eigenvalue weighted by atomic mass is 35.5. The fourth-order valence-electron chi connectivity index (χ4n) is 2.06. The molecule has 0 aliphatic rings. The third-order valence-corrected chi connectivity index (χ3v) is 3.35. The van der Waals surface area contributed by atoms with Gasteiger partial charge in [0, 0.05) is 16.1 Å². The van der Waals surface area contributed by atoms with Crippen LogP contribution in [0.4, 0.5) is 0 Å². The molecule has 0 amide bonds. The molecule has 3 nitrogen and oxygen atoms in total. The molecule has 0 aliphatic heterocycles. The van der Waals surface area contributed by atoms with Crippen LogP contribution in [0, 0.1) is 0 Å². The van der Waals surface area contributed by atoms with E-state index < -0.39 is 5.97 Å². The van der Waals surface area contributed by atoms with Crippen LogP contribution in [0.5, 0.6) is 5.75 Å². The molecule has 0 unspecified atom stereocenters. The summed E-state index contributed by atoms with van der Waals surface area (Å²) in [7, 11) is 0. The van der Waals surface area contributed by atoms with Gasteiger partial charge in [-0.25, -0.2) is 4.79 Å². The number of ether oxygens (including phenoxy) is 1. The minimum atomic E-state index is -1.04. The second-order valence-corrected chi connectivity index (χ2v) is 5.38. The number of aliphatic carboxylic acids is 1. The summed E-state index contributed by atoms with van der Waals surface area (Å²) in [5.74, 6) is -0.315. The van der Waals surface area contributed by atoms with Gasteiger partial charge in [0.2, 0.25) is 0 Å². The first-order chi connectivity index (χ1) is 10.5. The summed E-state index contributed by atoms with van der Waals surface area (Å²) in [5.41, 5.74) is 1.91. The lowest BCUT2D eigenvalue weighted by Crippen LogP contribution is -1.96. The van der Waals surface area contributed by atoms with E-state index in [1.807, 2.05) is 6.92 Å². The monoisotopic (exact) mass is 336 g/mol. The van der Waals surface area contributed by atoms with Crippen LogP contribution in [0.1, 0.15) is 18.1 Å². The highest BCUT2D eigenvalue weighted by Crippen LogP contribution is 2.29. The van der Waals surface area contributed by atoms with Crippen LogP contribution in [-0.2, 0) is 4.79 Å². The summed E-state index contributed by atoms with van der Waals surface area (Å²) < 4.78 is 5.39. The first-order valence-corrected chi connectivity index (χ1v) is 7.39. The predicted molar refractivity (Wildman–Crippen MR) is 88.8 cm³/mol. The number of carbonyl (C=O) groups is 1. The molecular formula is C17H14Cl2O3. The first kappa shape index (κ1) is 16.4. The number of hydrogen-bond acceptors (Lipinski definition) is 2. The van der Waals surface area contributed by atoms with E-state index in [4.69, 9.17) is 33.0 Å². The lowest BCUT2D eigenvalue weighted by Gasteiger charge is -2.10. The molecule has 2 aromatic carbocycles. The third kappa shape index (κ3) is 4.26. The normalized spacial score (nSPS) is 11.3. The Labute approximate surface area is 138 Å². The summed E-state index contributed by atoms with van der Waals surface area (Å²) in [6, 6.07) is 12.1. The van der Waals surface area contributed by atoms with E-state index in [-0.39, 0.29) is 0 Å². The molecule has 5 heteroatoms. The largest absolute Gasteiger partial charge is 0.494 e. The number of carboxylic acid groups (broad SMARTS) is 1. The van der Waals surface area contributed by atoms with Gasteiger partial charge in [0.1, 0.15) is 5.75 Å². The summed E-state index contributed by atoms with van der Waals surface area (Å²) in [6.45, 7) is 2.47. The zero-order valence-electron chi connectivity index (χ0n) is 11.8. The molecular weight excluding hydrogens is 323 g/mol. The van der Waals surface area contributed by atoms with Crippen LogP contribution in [0.25, 0.3) is 5.57 Å². The Morgan fingerprint density at radius 2 is 1.68 bits per heavy atom. The van der Waals surface area contributed by atoms with E-state index in [1.54, 1.807) is 42.5 Å². The average Bonchev–Trinajstić information content (AvgIpc) is 2.45. The van der Waals surface area contributed by atoms with E-state index in [9.17, 15) is 4.79 Å². The highest BCUT2D eigenvalue weighted by Gasteiger charge is 2.10. The van der Waals surface area contributed by atoms with E-state index in [2.05, 4.69) is 0 Å². The predicted octanol–water partition coefficient (Wildman–Crippen LogP) is 4.91. The number of hydrogen-bond donors (Lipinski definition) is 1. The maximum Gasteiger partial charge on any atom is 0.328 e. The van der Waals surface area contributed by atoms with Crippen LogP contribution in [0.2, 0.25) is 10.0 Å². The molecule has 0 radical (unpaired) electrons. The maximum absolute atomic E-state index is 11.1. The average molecular weight is 337 g/mol. The van der Waals surface area contributed by atoms with Gasteiger partial charge in [0.05, 0.1) is 6.61 Å². The topological polar surface area (TPSA) is 46.5 Å². The van der Waals surface area contributed by atoms with Crippen LogP contribution in [-0.4, -0.2) is 17.7 Å². The fraction of sp³-hybridized carbons (Fsp3) is 0.118. The molecule has 0 bridgehead atoms. The van der Waals surface area contributed by atoms with Crippen LogP contribution >= 0.6 is 23.2 Å². The summed E-state index contributed by atoms with van der Waals surface area (Å²) in [4.78, 5) is 11.1. The Morgan fingerprint density at radius 3 is 2.18 bits per heavy atom. The quantitative estimate of drug-likeness (QED) is 0.789. The Hall–Kier alpha value is -1.97. The second-order valence-electron chi connectivity index (χ2n) is 4.51. The van der Waals surface area contributed by atoms with E-state index in [0.717, 1.165) is 17.4 Å². The van der Waals surface area contributed by atoms with Gasteiger partial charge >= 0.3 is 5.97 Å². The Morgan fingerprint density at radius 1 is 1.09 bits per heavy atom. The van der Waals surface area contributed by atoms with Crippen molar-refractivity contribution in [3.63, 3.8) is 0 Å². The number of carboxylic acids is 1. The van der Waals surface area contributed by atoms with E-state index in [1.165, 1.54) is 0 Å². The molecule has 0 fully saturated rings. The van der Waals surface area contributed by atoms with Crippen molar-refractivity contribution in [2.45, 2.75) is 6.92 Å². The number of benzene rings is 2. The SMILES string of the molecule is CCOc1ccc(/C(=C/C(=O)O)c2cc(Cl)cc(Cl)c2)cc1. The Balaban J connectivity index is 2.48. The Kier molecular flexibility index (Phi) is 5.47. The van der Waals surface area contributed by atoms with Gasteiger partial charge in [0.25, 0.3) is 0 Å². The van der Waals surface area contributed by atoms with Gasteiger partial charge in [0.15, 0.2) is 0 Å².